The smallest absolute Gasteiger partial charge is 0.388 e. The summed E-state index contributed by atoms with van der Waals surface area (Å²) in [7, 11) is 0. The Balaban J connectivity index is 2.45. The van der Waals surface area contributed by atoms with E-state index >= 15 is 0 Å². The molecule has 0 saturated carbocycles. The molecule has 0 aliphatic carbocycles. The van der Waals surface area contributed by atoms with Gasteiger partial charge < -0.3 is 10.4 Å². The molecule has 1 aromatic heterocycles. The van der Waals surface area contributed by atoms with Gasteiger partial charge >= 0.3 is 12.2 Å². The third-order valence-corrected chi connectivity index (χ3v) is 3.66. The number of carbonyl (C=O) groups excluding carboxylic acids is 1. The second kappa shape index (κ2) is 7.23. The summed E-state index contributed by atoms with van der Waals surface area (Å²) >= 11 is 0.234. The van der Waals surface area contributed by atoms with Crippen LogP contribution in [-0.2, 0) is 6.18 Å². The number of urea groups is 1. The predicted octanol–water partition coefficient (Wildman–Crippen LogP) is 2.87. The van der Waals surface area contributed by atoms with E-state index < -0.39 is 22.8 Å². The number of aromatic nitrogens is 2. The number of rotatable bonds is 6. The molecule has 126 valence electrons. The summed E-state index contributed by atoms with van der Waals surface area (Å²) in [6.45, 7) is 5.60. The number of hydrogen-bond acceptors (Lipinski definition) is 5. The highest BCUT2D eigenvalue weighted by atomic mass is 32.1. The molecule has 0 radical (unpaired) electrons. The van der Waals surface area contributed by atoms with Gasteiger partial charge in [-0.25, -0.2) is 4.79 Å². The number of nitrogens with one attached hydrogen (secondary N) is 2. The van der Waals surface area contributed by atoms with E-state index in [-0.39, 0.29) is 23.0 Å². The number of nitrogens with zero attached hydrogens (tertiary/aromatic N) is 2. The number of anilines is 1. The summed E-state index contributed by atoms with van der Waals surface area (Å²) < 4.78 is 37.0. The summed E-state index contributed by atoms with van der Waals surface area (Å²) in [5.74, 6) is 0.419. The van der Waals surface area contributed by atoms with Crippen molar-refractivity contribution >= 4 is 22.5 Å². The summed E-state index contributed by atoms with van der Waals surface area (Å²) in [6.07, 6.45) is -3.29. The minimum absolute atomic E-state index is 0.0174. The van der Waals surface area contributed by atoms with Crippen molar-refractivity contribution in [3.05, 3.63) is 5.01 Å². The number of carbonyl (C=O) groups is 1. The first-order valence-corrected chi connectivity index (χ1v) is 7.49. The topological polar surface area (TPSA) is 87.1 Å². The minimum atomic E-state index is -4.59. The lowest BCUT2D eigenvalue weighted by atomic mass is 9.95. The van der Waals surface area contributed by atoms with Gasteiger partial charge in [0.2, 0.25) is 10.1 Å². The Bertz CT molecular complexity index is 503. The fourth-order valence-corrected chi connectivity index (χ4v) is 2.09. The van der Waals surface area contributed by atoms with E-state index in [2.05, 4.69) is 20.8 Å². The van der Waals surface area contributed by atoms with E-state index in [1.807, 2.05) is 13.8 Å². The van der Waals surface area contributed by atoms with Crippen LogP contribution >= 0.6 is 11.3 Å². The number of aliphatic hydroxyl groups is 1. The van der Waals surface area contributed by atoms with Gasteiger partial charge in [0.1, 0.15) is 0 Å². The quantitative estimate of drug-likeness (QED) is 0.743. The lowest BCUT2D eigenvalue weighted by Gasteiger charge is -2.24. The van der Waals surface area contributed by atoms with Crippen LogP contribution in [0.3, 0.4) is 0 Å². The standard InChI is InChI=1S/C12H19F3N4O2S/c1-7(2)4-5-11(3,21)6-16-9(20)17-10-19-18-8(22-10)12(13,14)15/h7,21H,4-6H2,1-3H3,(H2,16,17,19,20). The minimum Gasteiger partial charge on any atom is -0.388 e. The van der Waals surface area contributed by atoms with E-state index in [1.165, 1.54) is 0 Å². The maximum Gasteiger partial charge on any atom is 0.445 e. The normalized spacial score (nSPS) is 14.7. The zero-order valence-corrected chi connectivity index (χ0v) is 13.3. The van der Waals surface area contributed by atoms with Gasteiger partial charge in [-0.2, -0.15) is 13.2 Å². The number of halogens is 3. The highest BCUT2D eigenvalue weighted by Crippen LogP contribution is 2.32. The Morgan fingerprint density at radius 1 is 1.36 bits per heavy atom. The van der Waals surface area contributed by atoms with Crippen LogP contribution in [0.5, 0.6) is 0 Å². The monoisotopic (exact) mass is 340 g/mol. The summed E-state index contributed by atoms with van der Waals surface area (Å²) in [5.41, 5.74) is -1.08. The molecule has 0 fully saturated rings. The van der Waals surface area contributed by atoms with Crippen LogP contribution in [0.2, 0.25) is 0 Å². The van der Waals surface area contributed by atoms with Gasteiger partial charge in [-0.15, -0.1) is 10.2 Å². The highest BCUT2D eigenvalue weighted by Gasteiger charge is 2.35. The SMILES string of the molecule is CC(C)CCC(C)(O)CNC(=O)Nc1nnc(C(F)(F)F)s1. The first-order chi connectivity index (χ1) is 9.99. The molecular formula is C12H19F3N4O2S. The van der Waals surface area contributed by atoms with E-state index in [0.717, 1.165) is 6.42 Å². The molecule has 0 aromatic carbocycles. The molecule has 0 saturated heterocycles. The number of amides is 2. The second-order valence-corrected chi connectivity index (χ2v) is 6.62. The zero-order chi connectivity index (χ0) is 17.0. The Labute approximate surface area is 130 Å². The average molecular weight is 340 g/mol. The predicted molar refractivity (Wildman–Crippen MR) is 76.6 cm³/mol. The molecule has 0 aliphatic rings. The van der Waals surface area contributed by atoms with Crippen LogP contribution in [0.1, 0.15) is 38.6 Å². The van der Waals surface area contributed by atoms with E-state index in [4.69, 9.17) is 0 Å². The molecule has 0 spiro atoms. The van der Waals surface area contributed by atoms with Crippen molar-refractivity contribution in [1.29, 1.82) is 0 Å². The molecule has 0 bridgehead atoms. The van der Waals surface area contributed by atoms with Gasteiger partial charge in [0.25, 0.3) is 0 Å². The van der Waals surface area contributed by atoms with Gasteiger partial charge in [-0.1, -0.05) is 25.2 Å². The van der Waals surface area contributed by atoms with Crippen LogP contribution in [0, 0.1) is 5.92 Å². The highest BCUT2D eigenvalue weighted by molar-refractivity contribution is 7.15. The largest absolute Gasteiger partial charge is 0.445 e. The Kier molecular flexibility index (Phi) is 6.12. The first-order valence-electron chi connectivity index (χ1n) is 6.67. The van der Waals surface area contributed by atoms with Crippen LogP contribution in [0.25, 0.3) is 0 Å². The second-order valence-electron chi connectivity index (χ2n) is 5.65. The Hall–Kier alpha value is -1.42. The van der Waals surface area contributed by atoms with Gasteiger partial charge in [-0.3, -0.25) is 5.32 Å². The maximum atomic E-state index is 12.3. The molecule has 2 amide bonds. The van der Waals surface area contributed by atoms with Crippen LogP contribution in [-0.4, -0.2) is 33.5 Å². The molecule has 22 heavy (non-hydrogen) atoms. The maximum absolute atomic E-state index is 12.3. The van der Waals surface area contributed by atoms with E-state index in [9.17, 15) is 23.1 Å². The molecule has 1 aromatic rings. The molecule has 1 unspecified atom stereocenters. The molecule has 1 heterocycles. The van der Waals surface area contributed by atoms with E-state index in [1.54, 1.807) is 6.92 Å². The fraction of sp³-hybridized carbons (Fsp3) is 0.750. The summed E-state index contributed by atoms with van der Waals surface area (Å²) in [6, 6.07) is -0.741. The van der Waals surface area contributed by atoms with Crippen molar-refractivity contribution in [3.8, 4) is 0 Å². The van der Waals surface area contributed by atoms with Crippen molar-refractivity contribution < 1.29 is 23.1 Å². The third-order valence-electron chi connectivity index (χ3n) is 2.78. The zero-order valence-electron chi connectivity index (χ0n) is 12.5. The van der Waals surface area contributed by atoms with Crippen LogP contribution in [0.4, 0.5) is 23.1 Å². The number of hydrogen-bond donors (Lipinski definition) is 3. The molecule has 6 nitrogen and oxygen atoms in total. The van der Waals surface area contributed by atoms with Gasteiger partial charge in [-0.05, 0) is 25.7 Å². The average Bonchev–Trinajstić information content (AvgIpc) is 2.83. The molecule has 1 rings (SSSR count). The van der Waals surface area contributed by atoms with Crippen LogP contribution in [0.15, 0.2) is 0 Å². The van der Waals surface area contributed by atoms with Crippen molar-refractivity contribution in [2.45, 2.75) is 45.4 Å². The molecule has 10 heteroatoms. The van der Waals surface area contributed by atoms with E-state index in [0.29, 0.717) is 12.3 Å². The molecule has 3 N–H and O–H groups in total. The molecule has 0 aliphatic heterocycles. The molecular weight excluding hydrogens is 321 g/mol. The lowest BCUT2D eigenvalue weighted by molar-refractivity contribution is -0.138. The van der Waals surface area contributed by atoms with Crippen molar-refractivity contribution in [2.75, 3.05) is 11.9 Å². The summed E-state index contributed by atoms with van der Waals surface area (Å²) in [5, 5.41) is 19.4. The van der Waals surface area contributed by atoms with Gasteiger partial charge in [0.05, 0.1) is 5.60 Å². The third kappa shape index (κ3) is 6.56. The lowest BCUT2D eigenvalue weighted by Crippen LogP contribution is -2.42. The van der Waals surface area contributed by atoms with Gasteiger partial charge in [0.15, 0.2) is 0 Å². The summed E-state index contributed by atoms with van der Waals surface area (Å²) in [4.78, 5) is 11.6. The molecule has 1 atom stereocenters. The Morgan fingerprint density at radius 2 is 2.00 bits per heavy atom. The van der Waals surface area contributed by atoms with Gasteiger partial charge in [0, 0.05) is 6.54 Å². The Morgan fingerprint density at radius 3 is 2.50 bits per heavy atom. The number of alkyl halides is 3. The fourth-order valence-electron chi connectivity index (χ4n) is 1.49. The first kappa shape index (κ1) is 18.6. The van der Waals surface area contributed by atoms with Crippen LogP contribution < -0.4 is 10.6 Å². The van der Waals surface area contributed by atoms with Crippen molar-refractivity contribution in [3.63, 3.8) is 0 Å². The van der Waals surface area contributed by atoms with Crippen molar-refractivity contribution in [2.24, 2.45) is 5.92 Å². The van der Waals surface area contributed by atoms with Crippen molar-refractivity contribution in [1.82, 2.24) is 15.5 Å².